The maximum Gasteiger partial charge on any atom is 0.272 e. The van der Waals surface area contributed by atoms with E-state index in [1.807, 2.05) is 37.4 Å². The van der Waals surface area contributed by atoms with Crippen molar-refractivity contribution in [1.82, 2.24) is 39.6 Å². The van der Waals surface area contributed by atoms with Gasteiger partial charge < -0.3 is 25.0 Å². The Kier molecular flexibility index (Phi) is 8.45. The second-order valence-electron chi connectivity index (χ2n) is 11.2. The van der Waals surface area contributed by atoms with E-state index in [9.17, 15) is 9.59 Å². The largest absolute Gasteiger partial charge is 0.494 e. The minimum absolute atomic E-state index is 0.127. The van der Waals surface area contributed by atoms with Crippen molar-refractivity contribution in [1.29, 1.82) is 0 Å². The zero-order chi connectivity index (χ0) is 31.6. The van der Waals surface area contributed by atoms with E-state index in [2.05, 4.69) is 25.6 Å². The van der Waals surface area contributed by atoms with Crippen molar-refractivity contribution in [2.24, 2.45) is 5.92 Å². The maximum absolute atomic E-state index is 13.7. The number of hydrogen-bond donors (Lipinski definition) is 2. The lowest BCUT2D eigenvalue weighted by molar-refractivity contribution is -0.115. The average molecular weight is 642 g/mol. The van der Waals surface area contributed by atoms with Gasteiger partial charge in [0.05, 0.1) is 41.2 Å². The summed E-state index contributed by atoms with van der Waals surface area (Å²) in [5, 5.41) is 16.5. The number of benzene rings is 1. The lowest BCUT2D eigenvalue weighted by Gasteiger charge is -2.30. The number of hydrogen-bond acceptors (Lipinski definition) is 11. The molecule has 1 aromatic carbocycles. The molecule has 14 heteroatoms. The number of rotatable bonds is 9. The molecule has 0 aliphatic carbocycles. The summed E-state index contributed by atoms with van der Waals surface area (Å²) in [6.07, 6.45) is 8.65. The van der Waals surface area contributed by atoms with Crippen LogP contribution in [-0.4, -0.2) is 97.5 Å². The number of ether oxygens (including phenoxy) is 2. The van der Waals surface area contributed by atoms with Gasteiger partial charge in [-0.1, -0.05) is 18.7 Å². The number of carbonyl (C=O) groups is 2. The van der Waals surface area contributed by atoms with Gasteiger partial charge >= 0.3 is 0 Å². The van der Waals surface area contributed by atoms with Gasteiger partial charge in [-0.05, 0) is 43.8 Å². The zero-order valence-corrected chi connectivity index (χ0v) is 26.5. The number of likely N-dealkylation sites (tertiary alicyclic amines) is 1. The fraction of sp³-hybridized carbons (Fsp3) is 0.375. The first-order valence-electron chi connectivity index (χ1n) is 15.5. The molecule has 1 saturated heterocycles. The Hall–Kier alpha value is -4.69. The van der Waals surface area contributed by atoms with Crippen molar-refractivity contribution in [3.8, 4) is 28.4 Å². The molecular formula is C32H35N9O4S. The predicted octanol–water partition coefficient (Wildman–Crippen LogP) is 3.66. The Morgan fingerprint density at radius 1 is 1.17 bits per heavy atom. The predicted molar refractivity (Wildman–Crippen MR) is 176 cm³/mol. The van der Waals surface area contributed by atoms with Crippen LogP contribution in [0.15, 0.2) is 49.1 Å². The van der Waals surface area contributed by atoms with E-state index in [0.717, 1.165) is 42.9 Å². The molecule has 0 bridgehead atoms. The fourth-order valence-corrected chi connectivity index (χ4v) is 6.82. The maximum atomic E-state index is 13.7. The third-order valence-electron chi connectivity index (χ3n) is 8.44. The van der Waals surface area contributed by atoms with Crippen LogP contribution in [0.4, 0.5) is 5.69 Å². The van der Waals surface area contributed by atoms with Crippen molar-refractivity contribution in [3.63, 3.8) is 0 Å². The molecule has 5 aromatic rings. The van der Waals surface area contributed by atoms with E-state index >= 15 is 0 Å². The van der Waals surface area contributed by atoms with Crippen LogP contribution in [0.1, 0.15) is 30.3 Å². The van der Waals surface area contributed by atoms with Crippen molar-refractivity contribution < 1.29 is 19.1 Å². The quantitative estimate of drug-likeness (QED) is 0.244. The lowest BCUT2D eigenvalue weighted by atomic mass is 9.98. The number of aromatic nitrogens is 6. The molecule has 0 unspecified atom stereocenters. The number of anilines is 1. The molecule has 1 amide bonds. The topological polar surface area (TPSA) is 141 Å². The van der Waals surface area contributed by atoms with E-state index in [1.54, 1.807) is 34.9 Å². The van der Waals surface area contributed by atoms with Gasteiger partial charge in [-0.3, -0.25) is 14.6 Å². The average Bonchev–Trinajstić information content (AvgIpc) is 3.70. The van der Waals surface area contributed by atoms with Crippen LogP contribution in [0.3, 0.4) is 0 Å². The van der Waals surface area contributed by atoms with Crippen LogP contribution in [0, 0.1) is 5.92 Å². The number of carbonyl (C=O) groups excluding carboxylic acids is 2. The molecule has 238 valence electrons. The minimum atomic E-state index is -0.296. The normalized spacial score (nSPS) is 15.3. The Morgan fingerprint density at radius 2 is 2.04 bits per heavy atom. The number of thioether (sulfide) groups is 1. The number of fused-ring (bicyclic) bond motifs is 3. The highest BCUT2D eigenvalue weighted by atomic mass is 32.2. The van der Waals surface area contributed by atoms with Crippen LogP contribution in [0.5, 0.6) is 11.5 Å². The first kappa shape index (κ1) is 30.0. The van der Waals surface area contributed by atoms with Gasteiger partial charge in [0.1, 0.15) is 23.8 Å². The molecule has 0 atom stereocenters. The molecule has 4 aromatic heterocycles. The van der Waals surface area contributed by atoms with Gasteiger partial charge in [0.25, 0.3) is 5.91 Å². The molecule has 2 aliphatic rings. The SMILES string of the molecule is CCSC(=O)C1CCN(CCNC(=O)c2nn(-c3cc4c(cc3OC)NCCO4)c3cc(-c4cnn5cccnc45)ncc23)CC1. The highest BCUT2D eigenvalue weighted by molar-refractivity contribution is 8.13. The Labute approximate surface area is 269 Å². The van der Waals surface area contributed by atoms with Gasteiger partial charge in [0.15, 0.2) is 16.5 Å². The fourth-order valence-electron chi connectivity index (χ4n) is 6.06. The van der Waals surface area contributed by atoms with E-state index in [-0.39, 0.29) is 17.5 Å². The summed E-state index contributed by atoms with van der Waals surface area (Å²) >= 11 is 1.42. The Morgan fingerprint density at radius 3 is 2.87 bits per heavy atom. The second kappa shape index (κ2) is 13.0. The summed E-state index contributed by atoms with van der Waals surface area (Å²) in [6.45, 7) is 6.07. The van der Waals surface area contributed by atoms with Gasteiger partial charge in [-0.25, -0.2) is 14.2 Å². The number of nitrogens with zero attached hydrogens (tertiary/aromatic N) is 7. The molecule has 7 rings (SSSR count). The monoisotopic (exact) mass is 641 g/mol. The number of amides is 1. The number of piperidine rings is 1. The molecular weight excluding hydrogens is 606 g/mol. The van der Waals surface area contributed by atoms with Gasteiger partial charge in [-0.15, -0.1) is 0 Å². The molecule has 6 heterocycles. The molecule has 2 aliphatic heterocycles. The summed E-state index contributed by atoms with van der Waals surface area (Å²) in [7, 11) is 1.60. The highest BCUT2D eigenvalue weighted by Crippen LogP contribution is 2.38. The number of pyridine rings is 1. The van der Waals surface area contributed by atoms with Crippen molar-refractivity contribution >= 4 is 45.0 Å². The van der Waals surface area contributed by atoms with Crippen LogP contribution in [-0.2, 0) is 4.79 Å². The molecule has 0 radical (unpaired) electrons. The van der Waals surface area contributed by atoms with E-state index in [1.165, 1.54) is 11.8 Å². The summed E-state index contributed by atoms with van der Waals surface area (Å²) in [4.78, 5) is 37.4. The molecule has 0 spiro atoms. The van der Waals surface area contributed by atoms with Gasteiger partial charge in [-0.2, -0.15) is 10.2 Å². The van der Waals surface area contributed by atoms with Crippen LogP contribution >= 0.6 is 11.8 Å². The Bertz CT molecular complexity index is 1910. The van der Waals surface area contributed by atoms with Gasteiger partial charge in [0.2, 0.25) is 0 Å². The molecule has 2 N–H and O–H groups in total. The summed E-state index contributed by atoms with van der Waals surface area (Å²) in [5.41, 5.74) is 4.45. The first-order chi connectivity index (χ1) is 22.5. The summed E-state index contributed by atoms with van der Waals surface area (Å²) < 4.78 is 15.1. The first-order valence-corrected chi connectivity index (χ1v) is 16.5. The van der Waals surface area contributed by atoms with Crippen LogP contribution in [0.25, 0.3) is 33.5 Å². The molecule has 1 fully saturated rings. The summed E-state index contributed by atoms with van der Waals surface area (Å²) in [6, 6.07) is 7.46. The molecule has 0 saturated carbocycles. The van der Waals surface area contributed by atoms with Crippen LogP contribution < -0.4 is 20.1 Å². The minimum Gasteiger partial charge on any atom is -0.494 e. The Balaban J connectivity index is 1.19. The van der Waals surface area contributed by atoms with E-state index < -0.39 is 0 Å². The van der Waals surface area contributed by atoms with Crippen molar-refractivity contribution in [3.05, 3.63) is 54.7 Å². The highest BCUT2D eigenvalue weighted by Gasteiger charge is 2.26. The second-order valence-corrected chi connectivity index (χ2v) is 12.5. The van der Waals surface area contributed by atoms with Gasteiger partial charge in [0, 0.05) is 56.3 Å². The van der Waals surface area contributed by atoms with Crippen molar-refractivity contribution in [2.75, 3.05) is 57.5 Å². The van der Waals surface area contributed by atoms with Crippen molar-refractivity contribution in [2.45, 2.75) is 19.8 Å². The smallest absolute Gasteiger partial charge is 0.272 e. The molecule has 13 nitrogen and oxygen atoms in total. The summed E-state index contributed by atoms with van der Waals surface area (Å²) in [5.74, 6) is 1.89. The van der Waals surface area contributed by atoms with Crippen LogP contribution in [0.2, 0.25) is 0 Å². The number of methoxy groups -OCH3 is 1. The van der Waals surface area contributed by atoms with E-state index in [4.69, 9.17) is 19.6 Å². The standard InChI is InChI=1S/C32H35N9O4S/c1-3-46-32(43)20-5-11-39(12-6-20)13-8-35-31(42)29-22-18-36-23(21-19-37-40-10-4-7-34-30(21)40)15-25(22)41(38-29)26-17-27-24(16-28(26)44-2)33-9-14-45-27/h4,7,10,15-20,33H,3,5-6,8-9,11-14H2,1-2H3,(H,35,42). The third kappa shape index (κ3) is 5.73. The van der Waals surface area contributed by atoms with E-state index in [0.29, 0.717) is 70.8 Å². The molecule has 46 heavy (non-hydrogen) atoms. The number of nitrogens with one attached hydrogen (secondary N) is 2. The lowest BCUT2D eigenvalue weighted by Crippen LogP contribution is -2.40. The third-order valence-corrected chi connectivity index (χ3v) is 9.35. The zero-order valence-electron chi connectivity index (χ0n) is 25.7.